The van der Waals surface area contributed by atoms with Crippen LogP contribution in [0.25, 0.3) is 11.5 Å². The lowest BCUT2D eigenvalue weighted by Gasteiger charge is -2.05. The second kappa shape index (κ2) is 8.00. The van der Waals surface area contributed by atoms with E-state index in [4.69, 9.17) is 32.4 Å². The van der Waals surface area contributed by atoms with Crippen LogP contribution in [0.3, 0.4) is 0 Å². The molecule has 0 unspecified atom stereocenters. The number of hydrogen-bond donors (Lipinski definition) is 1. The van der Waals surface area contributed by atoms with Crippen LogP contribution in [0.15, 0.2) is 52.9 Å². The summed E-state index contributed by atoms with van der Waals surface area (Å²) in [6.45, 7) is 0.236. The van der Waals surface area contributed by atoms with E-state index in [1.807, 2.05) is 30.3 Å². The molecule has 1 heterocycles. The Labute approximate surface area is 153 Å². The molecule has 0 spiro atoms. The zero-order valence-corrected chi connectivity index (χ0v) is 14.4. The van der Waals surface area contributed by atoms with Crippen LogP contribution in [-0.4, -0.2) is 22.7 Å². The molecule has 0 fully saturated rings. The maximum Gasteiger partial charge on any atom is 0.322 e. The highest BCUT2D eigenvalue weighted by atomic mass is 35.5. The van der Waals surface area contributed by atoms with E-state index in [0.717, 1.165) is 0 Å². The van der Waals surface area contributed by atoms with E-state index in [9.17, 15) is 4.79 Å². The Kier molecular flexibility index (Phi) is 5.53. The third-order valence-corrected chi connectivity index (χ3v) is 3.72. The minimum absolute atomic E-state index is 0.00859. The molecule has 3 rings (SSSR count). The molecule has 6 nitrogen and oxygen atoms in total. The van der Waals surface area contributed by atoms with Gasteiger partial charge in [0, 0.05) is 5.02 Å². The molecule has 0 saturated heterocycles. The van der Waals surface area contributed by atoms with Gasteiger partial charge in [-0.25, -0.2) is 0 Å². The number of nitrogens with one attached hydrogen (secondary N) is 1. The van der Waals surface area contributed by atoms with Crippen molar-refractivity contribution in [2.24, 2.45) is 0 Å². The summed E-state index contributed by atoms with van der Waals surface area (Å²) in [7, 11) is 0. The van der Waals surface area contributed by atoms with Gasteiger partial charge in [-0.2, -0.15) is 0 Å². The molecular weight excluding hydrogens is 365 g/mol. The summed E-state index contributed by atoms with van der Waals surface area (Å²) < 4.78 is 10.9. The lowest BCUT2D eigenvalue weighted by Crippen LogP contribution is -2.15. The second-order valence-electron chi connectivity index (χ2n) is 5.00. The zero-order chi connectivity index (χ0) is 17.6. The Balaban J connectivity index is 1.55. The summed E-state index contributed by atoms with van der Waals surface area (Å²) in [5.41, 5.74) is 0.534. The third kappa shape index (κ3) is 4.71. The molecule has 0 atom stereocenters. The molecule has 0 bridgehead atoms. The highest BCUT2D eigenvalue weighted by molar-refractivity contribution is 6.36. The van der Waals surface area contributed by atoms with Crippen LogP contribution >= 0.6 is 23.2 Å². The molecule has 128 valence electrons. The quantitative estimate of drug-likeness (QED) is 0.686. The Morgan fingerprint density at radius 3 is 2.68 bits per heavy atom. The molecule has 25 heavy (non-hydrogen) atoms. The zero-order valence-electron chi connectivity index (χ0n) is 12.9. The highest BCUT2D eigenvalue weighted by Gasteiger charge is 2.14. The molecular formula is C17H13Cl2N3O3. The molecule has 0 aliphatic rings. The fraction of sp³-hybridized carbons (Fsp3) is 0.118. The Hall–Kier alpha value is -2.57. The first-order chi connectivity index (χ1) is 12.1. The number of anilines is 1. The molecule has 1 aromatic heterocycles. The first-order valence-corrected chi connectivity index (χ1v) is 8.14. The van der Waals surface area contributed by atoms with Crippen LogP contribution in [0, 0.1) is 0 Å². The molecule has 2 aromatic carbocycles. The summed E-state index contributed by atoms with van der Waals surface area (Å²) >= 11 is 11.9. The molecule has 1 amide bonds. The monoisotopic (exact) mass is 377 g/mol. The maximum atomic E-state index is 11.9. The van der Waals surface area contributed by atoms with Crippen LogP contribution in [0.2, 0.25) is 10.0 Å². The molecule has 1 N–H and O–H groups in total. The minimum Gasteiger partial charge on any atom is -0.493 e. The number of nitrogens with zero attached hydrogens (tertiary/aromatic N) is 2. The SMILES string of the molecule is O=C(CCOc1ccccc1)Nc1nnc(-c2ccc(Cl)cc2Cl)o1. The average molecular weight is 378 g/mol. The van der Waals surface area contributed by atoms with Crippen molar-refractivity contribution in [2.45, 2.75) is 6.42 Å². The number of halogens is 2. The van der Waals surface area contributed by atoms with Crippen molar-refractivity contribution in [3.05, 3.63) is 58.6 Å². The van der Waals surface area contributed by atoms with Crippen LogP contribution in [-0.2, 0) is 4.79 Å². The molecule has 0 saturated carbocycles. The fourth-order valence-electron chi connectivity index (χ4n) is 2.01. The van der Waals surface area contributed by atoms with E-state index in [2.05, 4.69) is 15.5 Å². The fourth-order valence-corrected chi connectivity index (χ4v) is 2.49. The van der Waals surface area contributed by atoms with Gasteiger partial charge in [0.25, 0.3) is 5.89 Å². The van der Waals surface area contributed by atoms with Crippen molar-refractivity contribution in [2.75, 3.05) is 11.9 Å². The molecule has 3 aromatic rings. The molecule has 0 aliphatic carbocycles. The predicted octanol–water partition coefficient (Wildman–Crippen LogP) is 4.45. The number of rotatable bonds is 6. The summed E-state index contributed by atoms with van der Waals surface area (Å²) in [6.07, 6.45) is 0.147. The summed E-state index contributed by atoms with van der Waals surface area (Å²) in [5, 5.41) is 11.0. The number of ether oxygens (including phenoxy) is 1. The minimum atomic E-state index is -0.298. The van der Waals surface area contributed by atoms with Crippen LogP contribution in [0.5, 0.6) is 5.75 Å². The van der Waals surface area contributed by atoms with Gasteiger partial charge in [-0.3, -0.25) is 10.1 Å². The molecule has 0 aliphatic heterocycles. The topological polar surface area (TPSA) is 77.2 Å². The van der Waals surface area contributed by atoms with Crippen LogP contribution < -0.4 is 10.1 Å². The van der Waals surface area contributed by atoms with Crippen molar-refractivity contribution in [1.82, 2.24) is 10.2 Å². The van der Waals surface area contributed by atoms with Gasteiger partial charge in [0.15, 0.2) is 0 Å². The normalized spacial score (nSPS) is 10.5. The number of hydrogen-bond acceptors (Lipinski definition) is 5. The van der Waals surface area contributed by atoms with E-state index >= 15 is 0 Å². The standard InChI is InChI=1S/C17H13Cl2N3O3/c18-11-6-7-13(14(19)10-11)16-21-22-17(25-16)20-15(23)8-9-24-12-4-2-1-3-5-12/h1-7,10H,8-9H2,(H,20,22,23). The van der Waals surface area contributed by atoms with E-state index in [0.29, 0.717) is 21.4 Å². The molecule has 0 radical (unpaired) electrons. The lowest BCUT2D eigenvalue weighted by atomic mass is 10.2. The first-order valence-electron chi connectivity index (χ1n) is 7.38. The number of aromatic nitrogens is 2. The average Bonchev–Trinajstić information content (AvgIpc) is 3.04. The number of benzene rings is 2. The van der Waals surface area contributed by atoms with E-state index in [1.54, 1.807) is 18.2 Å². The van der Waals surface area contributed by atoms with Gasteiger partial charge >= 0.3 is 6.01 Å². The van der Waals surface area contributed by atoms with Crippen molar-refractivity contribution >= 4 is 35.1 Å². The first kappa shape index (κ1) is 17.3. The van der Waals surface area contributed by atoms with Crippen LogP contribution in [0.1, 0.15) is 6.42 Å². The predicted molar refractivity (Wildman–Crippen MR) is 94.9 cm³/mol. The maximum absolute atomic E-state index is 11.9. The Bertz CT molecular complexity index is 869. The molecule has 8 heteroatoms. The van der Waals surface area contributed by atoms with Gasteiger partial charge in [0.2, 0.25) is 5.91 Å². The highest BCUT2D eigenvalue weighted by Crippen LogP contribution is 2.30. The van der Waals surface area contributed by atoms with Gasteiger partial charge in [-0.05, 0) is 30.3 Å². The van der Waals surface area contributed by atoms with E-state index in [1.165, 1.54) is 0 Å². The summed E-state index contributed by atoms with van der Waals surface area (Å²) in [5.74, 6) is 0.596. The van der Waals surface area contributed by atoms with Crippen LogP contribution in [0.4, 0.5) is 6.01 Å². The smallest absolute Gasteiger partial charge is 0.322 e. The van der Waals surface area contributed by atoms with E-state index in [-0.39, 0.29) is 30.8 Å². The lowest BCUT2D eigenvalue weighted by molar-refractivity contribution is -0.116. The summed E-state index contributed by atoms with van der Waals surface area (Å²) in [6, 6.07) is 14.1. The van der Waals surface area contributed by atoms with Gasteiger partial charge < -0.3 is 9.15 Å². The third-order valence-electron chi connectivity index (χ3n) is 3.17. The largest absolute Gasteiger partial charge is 0.493 e. The Morgan fingerprint density at radius 1 is 1.12 bits per heavy atom. The number of carbonyl (C=O) groups excluding carboxylic acids is 1. The number of carbonyl (C=O) groups is 1. The number of amides is 1. The van der Waals surface area contributed by atoms with Crippen molar-refractivity contribution in [3.63, 3.8) is 0 Å². The Morgan fingerprint density at radius 2 is 1.92 bits per heavy atom. The van der Waals surface area contributed by atoms with Gasteiger partial charge in [0.05, 0.1) is 23.6 Å². The van der Waals surface area contributed by atoms with Crippen molar-refractivity contribution < 1.29 is 13.9 Å². The van der Waals surface area contributed by atoms with Gasteiger partial charge in [-0.1, -0.05) is 46.5 Å². The van der Waals surface area contributed by atoms with Gasteiger partial charge in [0.1, 0.15) is 5.75 Å². The van der Waals surface area contributed by atoms with E-state index < -0.39 is 0 Å². The van der Waals surface area contributed by atoms with Gasteiger partial charge in [-0.15, -0.1) is 5.10 Å². The second-order valence-corrected chi connectivity index (χ2v) is 5.84. The van der Waals surface area contributed by atoms with Crippen molar-refractivity contribution in [1.29, 1.82) is 0 Å². The summed E-state index contributed by atoms with van der Waals surface area (Å²) in [4.78, 5) is 11.9. The van der Waals surface area contributed by atoms with Crippen molar-refractivity contribution in [3.8, 4) is 17.2 Å². The number of para-hydroxylation sites is 1.